The summed E-state index contributed by atoms with van der Waals surface area (Å²) in [5.74, 6) is -0.151. The average Bonchev–Trinajstić information content (AvgIpc) is 2.46. The standard InChI is InChI=1S/C13H11ClN2O3/c1-18-12-9(7-15-13(16-12)19-2)11(17)8-5-3-4-6-10(8)14/h3-7H,1-2H3. The Morgan fingerprint density at radius 1 is 1.16 bits per heavy atom. The molecule has 0 aliphatic rings. The lowest BCUT2D eigenvalue weighted by Gasteiger charge is -2.08. The Kier molecular flexibility index (Phi) is 3.97. The minimum atomic E-state index is -0.301. The molecular weight excluding hydrogens is 268 g/mol. The van der Waals surface area contributed by atoms with Crippen molar-refractivity contribution in [2.45, 2.75) is 0 Å². The maximum Gasteiger partial charge on any atom is 0.319 e. The predicted octanol–water partition coefficient (Wildman–Crippen LogP) is 2.38. The van der Waals surface area contributed by atoms with Crippen molar-refractivity contribution in [3.05, 3.63) is 46.6 Å². The smallest absolute Gasteiger partial charge is 0.319 e. The Morgan fingerprint density at radius 3 is 2.53 bits per heavy atom. The fourth-order valence-corrected chi connectivity index (χ4v) is 1.77. The van der Waals surface area contributed by atoms with E-state index in [2.05, 4.69) is 9.97 Å². The number of ketones is 1. The van der Waals surface area contributed by atoms with E-state index in [9.17, 15) is 4.79 Å². The summed E-state index contributed by atoms with van der Waals surface area (Å²) in [5, 5.41) is 0.366. The number of carbonyl (C=O) groups excluding carboxylic acids is 1. The van der Waals surface area contributed by atoms with Gasteiger partial charge in [-0.1, -0.05) is 23.7 Å². The van der Waals surface area contributed by atoms with Gasteiger partial charge in [-0.15, -0.1) is 0 Å². The number of nitrogens with zero attached hydrogens (tertiary/aromatic N) is 2. The van der Waals surface area contributed by atoms with Crippen LogP contribution in [0.5, 0.6) is 11.9 Å². The molecule has 6 heteroatoms. The van der Waals surface area contributed by atoms with Gasteiger partial charge < -0.3 is 9.47 Å². The largest absolute Gasteiger partial charge is 0.480 e. The van der Waals surface area contributed by atoms with Crippen molar-refractivity contribution in [3.63, 3.8) is 0 Å². The van der Waals surface area contributed by atoms with Gasteiger partial charge >= 0.3 is 6.01 Å². The number of hydrogen-bond donors (Lipinski definition) is 0. The second-order valence-corrected chi connectivity index (χ2v) is 4.00. The molecule has 0 spiro atoms. The normalized spacial score (nSPS) is 10.1. The molecule has 19 heavy (non-hydrogen) atoms. The lowest BCUT2D eigenvalue weighted by molar-refractivity contribution is 0.103. The number of hydrogen-bond acceptors (Lipinski definition) is 5. The quantitative estimate of drug-likeness (QED) is 0.804. The summed E-state index contributed by atoms with van der Waals surface area (Å²) in [7, 11) is 2.86. The van der Waals surface area contributed by atoms with Crippen LogP contribution in [0.1, 0.15) is 15.9 Å². The molecule has 0 N–H and O–H groups in total. The molecule has 0 amide bonds. The Labute approximate surface area is 115 Å². The zero-order chi connectivity index (χ0) is 13.8. The van der Waals surface area contributed by atoms with E-state index in [1.807, 2.05) is 0 Å². The van der Waals surface area contributed by atoms with Crippen LogP contribution in [0.15, 0.2) is 30.5 Å². The van der Waals surface area contributed by atoms with Crippen LogP contribution in [0, 0.1) is 0 Å². The lowest BCUT2D eigenvalue weighted by Crippen LogP contribution is -2.07. The molecule has 0 aliphatic carbocycles. The van der Waals surface area contributed by atoms with Crippen molar-refractivity contribution >= 4 is 17.4 Å². The van der Waals surface area contributed by atoms with E-state index in [-0.39, 0.29) is 23.2 Å². The lowest BCUT2D eigenvalue weighted by atomic mass is 10.1. The van der Waals surface area contributed by atoms with Gasteiger partial charge in [0.05, 0.1) is 19.2 Å². The first kappa shape index (κ1) is 13.3. The molecule has 0 unspecified atom stereocenters. The molecule has 0 bridgehead atoms. The summed E-state index contributed by atoms with van der Waals surface area (Å²) in [6.07, 6.45) is 1.36. The van der Waals surface area contributed by atoms with E-state index in [4.69, 9.17) is 21.1 Å². The van der Waals surface area contributed by atoms with Crippen LogP contribution in [-0.2, 0) is 0 Å². The summed E-state index contributed by atoms with van der Waals surface area (Å²) >= 11 is 6.00. The van der Waals surface area contributed by atoms with Gasteiger partial charge in [0.1, 0.15) is 5.56 Å². The van der Waals surface area contributed by atoms with Gasteiger partial charge in [-0.2, -0.15) is 4.98 Å². The van der Waals surface area contributed by atoms with Gasteiger partial charge in [0.25, 0.3) is 0 Å². The highest BCUT2D eigenvalue weighted by atomic mass is 35.5. The molecule has 1 aromatic heterocycles. The average molecular weight is 279 g/mol. The van der Waals surface area contributed by atoms with Gasteiger partial charge in [-0.3, -0.25) is 4.79 Å². The molecular formula is C13H11ClN2O3. The number of methoxy groups -OCH3 is 2. The van der Waals surface area contributed by atoms with Gasteiger partial charge in [0.2, 0.25) is 11.7 Å². The fraction of sp³-hybridized carbons (Fsp3) is 0.154. The second-order valence-electron chi connectivity index (χ2n) is 3.59. The molecule has 0 atom stereocenters. The number of carbonyl (C=O) groups is 1. The first-order chi connectivity index (χ1) is 9.17. The molecule has 0 saturated heterocycles. The first-order valence-electron chi connectivity index (χ1n) is 5.41. The molecule has 1 heterocycles. The van der Waals surface area contributed by atoms with Crippen LogP contribution in [-0.4, -0.2) is 30.0 Å². The maximum atomic E-state index is 12.4. The summed E-state index contributed by atoms with van der Waals surface area (Å²) in [4.78, 5) is 20.2. The molecule has 2 aromatic rings. The Hall–Kier alpha value is -2.14. The minimum Gasteiger partial charge on any atom is -0.480 e. The Balaban J connectivity index is 2.47. The SMILES string of the molecule is COc1ncc(C(=O)c2ccccc2Cl)c(OC)n1. The van der Waals surface area contributed by atoms with Gasteiger partial charge in [-0.25, -0.2) is 4.98 Å². The second kappa shape index (κ2) is 5.67. The highest BCUT2D eigenvalue weighted by Gasteiger charge is 2.19. The summed E-state index contributed by atoms with van der Waals surface area (Å²) in [6.45, 7) is 0. The van der Waals surface area contributed by atoms with Gasteiger partial charge in [-0.05, 0) is 12.1 Å². The number of aromatic nitrogens is 2. The van der Waals surface area contributed by atoms with Crippen molar-refractivity contribution in [3.8, 4) is 11.9 Å². The van der Waals surface area contributed by atoms with E-state index in [1.54, 1.807) is 24.3 Å². The third-order valence-electron chi connectivity index (χ3n) is 2.47. The third-order valence-corrected chi connectivity index (χ3v) is 2.80. The van der Waals surface area contributed by atoms with Crippen LogP contribution in [0.4, 0.5) is 0 Å². The first-order valence-corrected chi connectivity index (χ1v) is 5.79. The molecule has 5 nitrogen and oxygen atoms in total. The highest BCUT2D eigenvalue weighted by molar-refractivity contribution is 6.35. The predicted molar refractivity (Wildman–Crippen MR) is 70.0 cm³/mol. The minimum absolute atomic E-state index is 0.132. The van der Waals surface area contributed by atoms with E-state index >= 15 is 0 Å². The molecule has 98 valence electrons. The zero-order valence-corrected chi connectivity index (χ0v) is 11.1. The Bertz CT molecular complexity index is 617. The number of benzene rings is 1. The van der Waals surface area contributed by atoms with Crippen molar-refractivity contribution < 1.29 is 14.3 Å². The van der Waals surface area contributed by atoms with E-state index in [1.165, 1.54) is 20.4 Å². The van der Waals surface area contributed by atoms with Crippen molar-refractivity contribution in [1.29, 1.82) is 0 Å². The zero-order valence-electron chi connectivity index (χ0n) is 10.4. The molecule has 0 fully saturated rings. The molecule has 1 aromatic carbocycles. The van der Waals surface area contributed by atoms with Gasteiger partial charge in [0, 0.05) is 11.8 Å². The number of halogens is 1. The molecule has 2 rings (SSSR count). The third kappa shape index (κ3) is 2.66. The van der Waals surface area contributed by atoms with Crippen molar-refractivity contribution in [1.82, 2.24) is 9.97 Å². The van der Waals surface area contributed by atoms with E-state index in [0.29, 0.717) is 10.6 Å². The number of rotatable bonds is 4. The maximum absolute atomic E-state index is 12.4. The molecule has 0 aliphatic heterocycles. The van der Waals surface area contributed by atoms with E-state index < -0.39 is 0 Å². The molecule has 0 saturated carbocycles. The van der Waals surface area contributed by atoms with Crippen molar-refractivity contribution in [2.75, 3.05) is 14.2 Å². The highest BCUT2D eigenvalue weighted by Crippen LogP contribution is 2.24. The van der Waals surface area contributed by atoms with Crippen LogP contribution in [0.3, 0.4) is 0 Å². The monoisotopic (exact) mass is 278 g/mol. The van der Waals surface area contributed by atoms with Crippen LogP contribution >= 0.6 is 11.6 Å². The van der Waals surface area contributed by atoms with Crippen molar-refractivity contribution in [2.24, 2.45) is 0 Å². The molecule has 0 radical (unpaired) electrons. The number of ether oxygens (including phenoxy) is 2. The van der Waals surface area contributed by atoms with Gasteiger partial charge in [0.15, 0.2) is 0 Å². The van der Waals surface area contributed by atoms with Crippen LogP contribution < -0.4 is 9.47 Å². The summed E-state index contributed by atoms with van der Waals surface area (Å²) < 4.78 is 9.96. The fourth-order valence-electron chi connectivity index (χ4n) is 1.55. The summed E-state index contributed by atoms with van der Waals surface area (Å²) in [5.41, 5.74) is 0.604. The topological polar surface area (TPSA) is 61.3 Å². The van der Waals surface area contributed by atoms with Crippen LogP contribution in [0.2, 0.25) is 5.02 Å². The van der Waals surface area contributed by atoms with E-state index in [0.717, 1.165) is 0 Å². The Morgan fingerprint density at radius 2 is 1.89 bits per heavy atom. The summed E-state index contributed by atoms with van der Waals surface area (Å²) in [6, 6.07) is 6.89. The van der Waals surface area contributed by atoms with Crippen LogP contribution in [0.25, 0.3) is 0 Å².